The molecule has 20 heavy (non-hydrogen) atoms. The maximum atomic E-state index is 6.32. The molecule has 1 aliphatic carbocycles. The Hall–Kier alpha value is -1.19. The van der Waals surface area contributed by atoms with E-state index >= 15 is 0 Å². The molecular formula is C17H22N2S. The van der Waals surface area contributed by atoms with E-state index in [0.29, 0.717) is 0 Å². The van der Waals surface area contributed by atoms with E-state index in [2.05, 4.69) is 45.0 Å². The first-order chi connectivity index (χ1) is 9.43. The molecule has 0 aliphatic heterocycles. The highest BCUT2D eigenvalue weighted by Gasteiger charge is 2.33. The lowest BCUT2D eigenvalue weighted by Crippen LogP contribution is -2.28. The summed E-state index contributed by atoms with van der Waals surface area (Å²) < 4.78 is 0. The van der Waals surface area contributed by atoms with Gasteiger partial charge in [-0.1, -0.05) is 43.7 Å². The van der Waals surface area contributed by atoms with Crippen molar-refractivity contribution in [3.05, 3.63) is 51.0 Å². The van der Waals surface area contributed by atoms with Crippen LogP contribution in [-0.2, 0) is 12.8 Å². The standard InChI is InChI=1S/C17H22N2S/c1-11-5-4-6-12(7-11)8-15-19-14-10-17(2,3)9-13(18)16(14)20-15/h4-7,13H,8-10,18H2,1-3H3. The summed E-state index contributed by atoms with van der Waals surface area (Å²) in [5, 5.41) is 1.20. The quantitative estimate of drug-likeness (QED) is 0.905. The molecule has 0 radical (unpaired) electrons. The molecule has 1 aromatic carbocycles. The molecule has 0 bridgehead atoms. The molecule has 2 nitrogen and oxygen atoms in total. The van der Waals surface area contributed by atoms with Gasteiger partial charge in [0.05, 0.1) is 10.7 Å². The number of hydrogen-bond acceptors (Lipinski definition) is 3. The summed E-state index contributed by atoms with van der Waals surface area (Å²) in [4.78, 5) is 6.17. The van der Waals surface area contributed by atoms with E-state index in [1.165, 1.54) is 26.7 Å². The molecule has 1 unspecified atom stereocenters. The van der Waals surface area contributed by atoms with Crippen molar-refractivity contribution < 1.29 is 0 Å². The fraction of sp³-hybridized carbons (Fsp3) is 0.471. The molecule has 2 aromatic rings. The largest absolute Gasteiger partial charge is 0.323 e. The zero-order valence-electron chi connectivity index (χ0n) is 12.4. The second-order valence-electron chi connectivity index (χ2n) is 6.74. The van der Waals surface area contributed by atoms with Gasteiger partial charge in [0.25, 0.3) is 0 Å². The number of rotatable bonds is 2. The Morgan fingerprint density at radius 1 is 1.40 bits per heavy atom. The Balaban J connectivity index is 1.87. The first-order valence-corrected chi connectivity index (χ1v) is 8.04. The number of thiazole rings is 1. The molecule has 1 aromatic heterocycles. The van der Waals surface area contributed by atoms with Gasteiger partial charge >= 0.3 is 0 Å². The molecule has 1 aliphatic rings. The van der Waals surface area contributed by atoms with Crippen LogP contribution in [0.1, 0.15) is 53.0 Å². The molecule has 0 amide bonds. The van der Waals surface area contributed by atoms with Gasteiger partial charge in [-0.3, -0.25) is 0 Å². The third-order valence-corrected chi connectivity index (χ3v) is 5.19. The topological polar surface area (TPSA) is 38.9 Å². The number of aromatic nitrogens is 1. The van der Waals surface area contributed by atoms with Crippen LogP contribution in [0, 0.1) is 12.3 Å². The Morgan fingerprint density at radius 2 is 2.20 bits per heavy atom. The average Bonchev–Trinajstić information content (AvgIpc) is 2.70. The third kappa shape index (κ3) is 2.79. The van der Waals surface area contributed by atoms with Crippen LogP contribution in [0.5, 0.6) is 0 Å². The lowest BCUT2D eigenvalue weighted by Gasteiger charge is -2.32. The van der Waals surface area contributed by atoms with Crippen molar-refractivity contribution in [2.24, 2.45) is 11.1 Å². The molecule has 0 spiro atoms. The van der Waals surface area contributed by atoms with Crippen LogP contribution >= 0.6 is 11.3 Å². The molecule has 3 rings (SSSR count). The van der Waals surface area contributed by atoms with Crippen LogP contribution < -0.4 is 5.73 Å². The highest BCUT2D eigenvalue weighted by molar-refractivity contribution is 7.11. The van der Waals surface area contributed by atoms with E-state index in [0.717, 1.165) is 19.3 Å². The van der Waals surface area contributed by atoms with Crippen molar-refractivity contribution in [2.45, 2.75) is 46.1 Å². The van der Waals surface area contributed by atoms with Gasteiger partial charge < -0.3 is 5.73 Å². The summed E-state index contributed by atoms with van der Waals surface area (Å²) in [5.41, 5.74) is 10.5. The summed E-state index contributed by atoms with van der Waals surface area (Å²) in [5.74, 6) is 0. The van der Waals surface area contributed by atoms with Gasteiger partial charge in [-0.25, -0.2) is 4.98 Å². The highest BCUT2D eigenvalue weighted by Crippen LogP contribution is 2.42. The predicted molar refractivity (Wildman–Crippen MR) is 85.1 cm³/mol. The summed E-state index contributed by atoms with van der Waals surface area (Å²) in [6.07, 6.45) is 3.04. The van der Waals surface area contributed by atoms with Crippen LogP contribution in [0.3, 0.4) is 0 Å². The minimum atomic E-state index is 0.164. The van der Waals surface area contributed by atoms with Crippen molar-refractivity contribution in [3.8, 4) is 0 Å². The smallest absolute Gasteiger partial charge is 0.0975 e. The average molecular weight is 286 g/mol. The lowest BCUT2D eigenvalue weighted by atomic mass is 9.77. The van der Waals surface area contributed by atoms with E-state index in [-0.39, 0.29) is 11.5 Å². The predicted octanol–water partition coefficient (Wildman–Crippen LogP) is 4.01. The van der Waals surface area contributed by atoms with Gasteiger partial charge in [0.15, 0.2) is 0 Å². The number of benzene rings is 1. The zero-order chi connectivity index (χ0) is 14.3. The summed E-state index contributed by atoms with van der Waals surface area (Å²) in [6, 6.07) is 8.83. The van der Waals surface area contributed by atoms with Crippen LogP contribution in [0.2, 0.25) is 0 Å². The minimum Gasteiger partial charge on any atom is -0.323 e. The fourth-order valence-corrected chi connectivity index (χ4v) is 4.24. The molecule has 2 N–H and O–H groups in total. The summed E-state index contributed by atoms with van der Waals surface area (Å²) >= 11 is 1.81. The van der Waals surface area contributed by atoms with Crippen molar-refractivity contribution in [3.63, 3.8) is 0 Å². The SMILES string of the molecule is Cc1cccc(Cc2nc3c(s2)C(N)CC(C)(C)C3)c1. The van der Waals surface area contributed by atoms with Crippen molar-refractivity contribution in [1.29, 1.82) is 0 Å². The van der Waals surface area contributed by atoms with E-state index in [1.54, 1.807) is 0 Å². The van der Waals surface area contributed by atoms with Crippen LogP contribution in [0.4, 0.5) is 0 Å². The fourth-order valence-electron chi connectivity index (χ4n) is 3.12. The summed E-state index contributed by atoms with van der Waals surface area (Å²) in [6.45, 7) is 6.71. The molecule has 0 saturated carbocycles. The first-order valence-electron chi connectivity index (χ1n) is 7.22. The minimum absolute atomic E-state index is 0.164. The van der Waals surface area contributed by atoms with Crippen molar-refractivity contribution >= 4 is 11.3 Å². The molecule has 1 heterocycles. The monoisotopic (exact) mass is 286 g/mol. The number of nitrogens with zero attached hydrogens (tertiary/aromatic N) is 1. The third-order valence-electron chi connectivity index (χ3n) is 3.96. The van der Waals surface area contributed by atoms with Gasteiger partial charge in [0.1, 0.15) is 0 Å². The normalized spacial score (nSPS) is 20.7. The van der Waals surface area contributed by atoms with Gasteiger partial charge in [-0.2, -0.15) is 0 Å². The highest BCUT2D eigenvalue weighted by atomic mass is 32.1. The Bertz CT molecular complexity index is 628. The molecule has 0 saturated heterocycles. The second-order valence-corrected chi connectivity index (χ2v) is 7.85. The Morgan fingerprint density at radius 3 is 2.95 bits per heavy atom. The Labute approximate surface area is 125 Å². The Kier molecular flexibility index (Phi) is 3.43. The maximum Gasteiger partial charge on any atom is 0.0975 e. The number of fused-ring (bicyclic) bond motifs is 1. The van der Waals surface area contributed by atoms with Crippen LogP contribution in [-0.4, -0.2) is 4.98 Å². The number of hydrogen-bond donors (Lipinski definition) is 1. The van der Waals surface area contributed by atoms with Crippen molar-refractivity contribution in [1.82, 2.24) is 4.98 Å². The summed E-state index contributed by atoms with van der Waals surface area (Å²) in [7, 11) is 0. The zero-order valence-corrected chi connectivity index (χ0v) is 13.3. The van der Waals surface area contributed by atoms with Gasteiger partial charge in [-0.05, 0) is 30.7 Å². The molecule has 0 fully saturated rings. The maximum absolute atomic E-state index is 6.32. The van der Waals surface area contributed by atoms with Gasteiger partial charge in [0, 0.05) is 17.3 Å². The van der Waals surface area contributed by atoms with Crippen LogP contribution in [0.25, 0.3) is 0 Å². The lowest BCUT2D eigenvalue weighted by molar-refractivity contribution is 0.282. The second kappa shape index (κ2) is 4.97. The van der Waals surface area contributed by atoms with Gasteiger partial charge in [-0.15, -0.1) is 11.3 Å². The van der Waals surface area contributed by atoms with E-state index < -0.39 is 0 Å². The van der Waals surface area contributed by atoms with E-state index in [1.807, 2.05) is 11.3 Å². The van der Waals surface area contributed by atoms with Gasteiger partial charge in [0.2, 0.25) is 0 Å². The van der Waals surface area contributed by atoms with E-state index in [4.69, 9.17) is 10.7 Å². The van der Waals surface area contributed by atoms with Crippen LogP contribution in [0.15, 0.2) is 24.3 Å². The number of aryl methyl sites for hydroxylation is 1. The first kappa shape index (κ1) is 13.8. The molecule has 106 valence electrons. The van der Waals surface area contributed by atoms with E-state index in [9.17, 15) is 0 Å². The number of nitrogens with two attached hydrogens (primary N) is 1. The molecular weight excluding hydrogens is 264 g/mol. The van der Waals surface area contributed by atoms with Crippen molar-refractivity contribution in [2.75, 3.05) is 0 Å². The molecule has 3 heteroatoms. The molecule has 1 atom stereocenters.